The third-order valence-electron chi connectivity index (χ3n) is 2.91. The van der Waals surface area contributed by atoms with Gasteiger partial charge in [0.25, 0.3) is 0 Å². The van der Waals surface area contributed by atoms with Crippen LogP contribution < -0.4 is 0 Å². The quantitative estimate of drug-likeness (QED) is 0.358. The van der Waals surface area contributed by atoms with Gasteiger partial charge in [-0.1, -0.05) is 33.1 Å². The van der Waals surface area contributed by atoms with Gasteiger partial charge in [-0.3, -0.25) is 0 Å². The number of aliphatic hydroxyl groups excluding tert-OH is 1. The van der Waals surface area contributed by atoms with E-state index in [9.17, 15) is 9.59 Å². The Bertz CT molecular complexity index is 299. The fraction of sp³-hybridized carbons (Fsp3) is 0.733. The molecule has 0 bridgehead atoms. The molecule has 0 saturated heterocycles. The smallest absolute Gasteiger partial charge is 0.331 e. The Kier molecular flexibility index (Phi) is 11.8. The SMILES string of the molecule is CCCCC(CC)COC(=O)C=CC(=O)OCCCO. The summed E-state index contributed by atoms with van der Waals surface area (Å²) in [7, 11) is 0. The minimum atomic E-state index is -0.603. The van der Waals surface area contributed by atoms with Crippen LogP contribution in [0.2, 0.25) is 0 Å². The number of hydrogen-bond acceptors (Lipinski definition) is 5. The maximum Gasteiger partial charge on any atom is 0.331 e. The lowest BCUT2D eigenvalue weighted by atomic mass is 10.0. The van der Waals surface area contributed by atoms with Gasteiger partial charge in [-0.05, 0) is 12.3 Å². The number of carbonyl (C=O) groups excluding carboxylic acids is 2. The summed E-state index contributed by atoms with van der Waals surface area (Å²) in [6.45, 7) is 4.70. The molecule has 0 aliphatic carbocycles. The lowest BCUT2D eigenvalue weighted by molar-refractivity contribution is -0.141. The van der Waals surface area contributed by atoms with Crippen molar-refractivity contribution in [2.45, 2.75) is 46.0 Å². The van der Waals surface area contributed by atoms with Crippen LogP contribution in [0, 0.1) is 5.92 Å². The molecular weight excluding hydrogens is 260 g/mol. The topological polar surface area (TPSA) is 72.8 Å². The molecule has 116 valence electrons. The van der Waals surface area contributed by atoms with Crippen LogP contribution >= 0.6 is 0 Å². The number of rotatable bonds is 11. The summed E-state index contributed by atoms with van der Waals surface area (Å²) in [6, 6.07) is 0. The second kappa shape index (κ2) is 12.7. The van der Waals surface area contributed by atoms with Gasteiger partial charge < -0.3 is 14.6 Å². The molecule has 5 heteroatoms. The predicted molar refractivity (Wildman–Crippen MR) is 76.1 cm³/mol. The third-order valence-corrected chi connectivity index (χ3v) is 2.91. The van der Waals surface area contributed by atoms with E-state index >= 15 is 0 Å². The second-order valence-electron chi connectivity index (χ2n) is 4.62. The number of carbonyl (C=O) groups is 2. The van der Waals surface area contributed by atoms with E-state index in [4.69, 9.17) is 14.6 Å². The maximum atomic E-state index is 11.4. The van der Waals surface area contributed by atoms with Crippen LogP contribution in [0.4, 0.5) is 0 Å². The van der Waals surface area contributed by atoms with Crippen LogP contribution in [0.15, 0.2) is 12.2 Å². The van der Waals surface area contributed by atoms with Crippen molar-refractivity contribution in [1.29, 1.82) is 0 Å². The highest BCUT2D eigenvalue weighted by atomic mass is 16.5. The van der Waals surface area contributed by atoms with Crippen LogP contribution in [0.25, 0.3) is 0 Å². The van der Waals surface area contributed by atoms with Gasteiger partial charge in [-0.25, -0.2) is 9.59 Å². The second-order valence-corrected chi connectivity index (χ2v) is 4.62. The minimum absolute atomic E-state index is 0.0325. The molecule has 5 nitrogen and oxygen atoms in total. The molecule has 0 heterocycles. The summed E-state index contributed by atoms with van der Waals surface area (Å²) in [6.07, 6.45) is 6.79. The Morgan fingerprint density at radius 3 is 2.30 bits per heavy atom. The van der Waals surface area contributed by atoms with E-state index in [1.807, 2.05) is 0 Å². The van der Waals surface area contributed by atoms with E-state index in [0.717, 1.165) is 37.8 Å². The van der Waals surface area contributed by atoms with E-state index in [2.05, 4.69) is 13.8 Å². The molecule has 0 rings (SSSR count). The van der Waals surface area contributed by atoms with Gasteiger partial charge in [-0.2, -0.15) is 0 Å². The highest BCUT2D eigenvalue weighted by Crippen LogP contribution is 2.12. The van der Waals surface area contributed by atoms with Crippen molar-refractivity contribution in [3.05, 3.63) is 12.2 Å². The maximum absolute atomic E-state index is 11.4. The molecule has 0 saturated carbocycles. The number of hydrogen-bond donors (Lipinski definition) is 1. The van der Waals surface area contributed by atoms with Crippen molar-refractivity contribution >= 4 is 11.9 Å². The molecule has 0 aromatic carbocycles. The number of unbranched alkanes of at least 4 members (excludes halogenated alkanes) is 1. The van der Waals surface area contributed by atoms with Crippen LogP contribution in [0.3, 0.4) is 0 Å². The molecule has 0 aromatic rings. The van der Waals surface area contributed by atoms with Gasteiger partial charge >= 0.3 is 11.9 Å². The zero-order valence-corrected chi connectivity index (χ0v) is 12.5. The molecule has 0 amide bonds. The highest BCUT2D eigenvalue weighted by molar-refractivity contribution is 5.91. The molecule has 0 aliphatic rings. The molecule has 0 aliphatic heterocycles. The summed E-state index contributed by atoms with van der Waals surface area (Å²) in [5.41, 5.74) is 0. The van der Waals surface area contributed by atoms with Crippen LogP contribution in [0.5, 0.6) is 0 Å². The molecule has 1 unspecified atom stereocenters. The molecule has 1 N–H and O–H groups in total. The molecule has 0 aromatic heterocycles. The Hall–Kier alpha value is -1.36. The first-order valence-corrected chi connectivity index (χ1v) is 7.26. The Balaban J connectivity index is 3.87. The van der Waals surface area contributed by atoms with Crippen LogP contribution in [-0.2, 0) is 19.1 Å². The standard InChI is InChI=1S/C15H26O5/c1-3-5-7-13(4-2)12-20-15(18)9-8-14(17)19-11-6-10-16/h8-9,13,16H,3-7,10-12H2,1-2H3. The summed E-state index contributed by atoms with van der Waals surface area (Å²) >= 11 is 0. The number of ether oxygens (including phenoxy) is 2. The van der Waals surface area contributed by atoms with Gasteiger partial charge in [0.15, 0.2) is 0 Å². The number of esters is 2. The van der Waals surface area contributed by atoms with Gasteiger partial charge in [0, 0.05) is 25.2 Å². The zero-order chi connectivity index (χ0) is 15.2. The fourth-order valence-corrected chi connectivity index (χ4v) is 1.57. The Labute approximate surface area is 121 Å². The van der Waals surface area contributed by atoms with Gasteiger partial charge in [0.2, 0.25) is 0 Å². The summed E-state index contributed by atoms with van der Waals surface area (Å²) < 4.78 is 9.83. The van der Waals surface area contributed by atoms with Gasteiger partial charge in [-0.15, -0.1) is 0 Å². The summed E-state index contributed by atoms with van der Waals surface area (Å²) in [5.74, 6) is -0.753. The van der Waals surface area contributed by atoms with Crippen molar-refractivity contribution in [3.8, 4) is 0 Å². The third kappa shape index (κ3) is 10.6. The Morgan fingerprint density at radius 1 is 1.10 bits per heavy atom. The normalized spacial score (nSPS) is 12.3. The van der Waals surface area contributed by atoms with E-state index in [-0.39, 0.29) is 13.2 Å². The lowest BCUT2D eigenvalue weighted by Gasteiger charge is -2.13. The van der Waals surface area contributed by atoms with Crippen LogP contribution in [-0.4, -0.2) is 36.9 Å². The average Bonchev–Trinajstić information content (AvgIpc) is 2.45. The van der Waals surface area contributed by atoms with Gasteiger partial charge in [0.05, 0.1) is 13.2 Å². The predicted octanol–water partition coefficient (Wildman–Crippen LogP) is 2.23. The molecule has 20 heavy (non-hydrogen) atoms. The lowest BCUT2D eigenvalue weighted by Crippen LogP contribution is -2.13. The van der Waals surface area contributed by atoms with E-state index in [1.165, 1.54) is 0 Å². The highest BCUT2D eigenvalue weighted by Gasteiger charge is 2.08. The Morgan fingerprint density at radius 2 is 1.75 bits per heavy atom. The van der Waals surface area contributed by atoms with Crippen molar-refractivity contribution in [3.63, 3.8) is 0 Å². The first-order chi connectivity index (χ1) is 9.63. The van der Waals surface area contributed by atoms with Crippen molar-refractivity contribution in [1.82, 2.24) is 0 Å². The first kappa shape index (κ1) is 18.6. The minimum Gasteiger partial charge on any atom is -0.462 e. The molecule has 0 fully saturated rings. The molecule has 0 radical (unpaired) electrons. The largest absolute Gasteiger partial charge is 0.462 e. The molecular formula is C15H26O5. The molecule has 1 atom stereocenters. The van der Waals surface area contributed by atoms with E-state index in [1.54, 1.807) is 0 Å². The van der Waals surface area contributed by atoms with Crippen LogP contribution in [0.1, 0.15) is 46.0 Å². The van der Waals surface area contributed by atoms with E-state index in [0.29, 0.717) is 18.9 Å². The first-order valence-electron chi connectivity index (χ1n) is 7.26. The fourth-order valence-electron chi connectivity index (χ4n) is 1.57. The van der Waals surface area contributed by atoms with Crippen molar-refractivity contribution < 1.29 is 24.2 Å². The van der Waals surface area contributed by atoms with Gasteiger partial charge in [0.1, 0.15) is 0 Å². The summed E-state index contributed by atoms with van der Waals surface area (Å²) in [4.78, 5) is 22.6. The van der Waals surface area contributed by atoms with Crippen molar-refractivity contribution in [2.24, 2.45) is 5.92 Å². The van der Waals surface area contributed by atoms with E-state index < -0.39 is 11.9 Å². The van der Waals surface area contributed by atoms with Crippen molar-refractivity contribution in [2.75, 3.05) is 19.8 Å². The number of aliphatic hydroxyl groups is 1. The monoisotopic (exact) mass is 286 g/mol. The zero-order valence-electron chi connectivity index (χ0n) is 12.5. The average molecular weight is 286 g/mol. The summed E-state index contributed by atoms with van der Waals surface area (Å²) in [5, 5.41) is 8.52. The molecule has 0 spiro atoms.